The van der Waals surface area contributed by atoms with Crippen molar-refractivity contribution in [1.29, 1.82) is 0 Å². The van der Waals surface area contributed by atoms with Crippen LogP contribution in [0.2, 0.25) is 0 Å². The zero-order valence-corrected chi connectivity index (χ0v) is 11.4. The number of thioether (sulfide) groups is 1. The van der Waals surface area contributed by atoms with Crippen LogP contribution >= 0.6 is 23.4 Å². The lowest BCUT2D eigenvalue weighted by molar-refractivity contribution is -0.116. The summed E-state index contributed by atoms with van der Waals surface area (Å²) in [7, 11) is 0. The summed E-state index contributed by atoms with van der Waals surface area (Å²) in [5, 5.41) is 0. The molecule has 16 heavy (non-hydrogen) atoms. The number of hydrogen-bond donors (Lipinski definition) is 0. The Balaban J connectivity index is 3.15. The molecule has 0 N–H and O–H groups in total. The van der Waals surface area contributed by atoms with Gasteiger partial charge in [-0.25, -0.2) is 0 Å². The van der Waals surface area contributed by atoms with Crippen LogP contribution in [0.4, 0.5) is 5.69 Å². The molecule has 4 heteroatoms. The molecule has 0 spiro atoms. The smallest absolute Gasteiger partial charge is 0.242 e. The maximum absolute atomic E-state index is 11.8. The standard InChI is InChI=1S/C12H16ClNOS/c1-9-5-4-6-10(2)12(9)14(8-16-3)11(15)7-13/h4-6H,7-8H2,1-3H3. The van der Waals surface area contributed by atoms with E-state index in [0.29, 0.717) is 5.88 Å². The Morgan fingerprint density at radius 2 is 1.94 bits per heavy atom. The number of rotatable bonds is 4. The van der Waals surface area contributed by atoms with Gasteiger partial charge < -0.3 is 4.90 Å². The molecule has 1 amide bonds. The van der Waals surface area contributed by atoms with E-state index in [2.05, 4.69) is 0 Å². The van der Waals surface area contributed by atoms with Crippen LogP contribution < -0.4 is 4.90 Å². The van der Waals surface area contributed by atoms with Crippen molar-refractivity contribution in [3.8, 4) is 0 Å². The third-order valence-corrected chi connectivity index (χ3v) is 3.13. The molecule has 88 valence electrons. The van der Waals surface area contributed by atoms with Crippen molar-refractivity contribution in [3.63, 3.8) is 0 Å². The fraction of sp³-hybridized carbons (Fsp3) is 0.417. The average Bonchev–Trinajstić information content (AvgIpc) is 2.26. The molecule has 1 rings (SSSR count). The molecule has 0 bridgehead atoms. The van der Waals surface area contributed by atoms with Crippen LogP contribution in [0, 0.1) is 13.8 Å². The number of nitrogens with zero attached hydrogens (tertiary/aromatic N) is 1. The molecular weight excluding hydrogens is 242 g/mol. The maximum atomic E-state index is 11.8. The summed E-state index contributed by atoms with van der Waals surface area (Å²) in [4.78, 5) is 13.5. The van der Waals surface area contributed by atoms with Gasteiger partial charge in [-0.3, -0.25) is 4.79 Å². The second kappa shape index (κ2) is 6.16. The van der Waals surface area contributed by atoms with Crippen molar-refractivity contribution >= 4 is 35.0 Å². The molecule has 0 unspecified atom stereocenters. The highest BCUT2D eigenvalue weighted by atomic mass is 35.5. The van der Waals surface area contributed by atoms with Gasteiger partial charge in [0.15, 0.2) is 0 Å². The summed E-state index contributed by atoms with van der Waals surface area (Å²) in [6.45, 7) is 4.02. The van der Waals surface area contributed by atoms with Gasteiger partial charge in [0.2, 0.25) is 5.91 Å². The molecule has 0 aliphatic heterocycles. The van der Waals surface area contributed by atoms with Gasteiger partial charge in [-0.1, -0.05) is 18.2 Å². The van der Waals surface area contributed by atoms with E-state index in [0.717, 1.165) is 16.8 Å². The Labute approximate surface area is 106 Å². The minimum atomic E-state index is -0.0478. The van der Waals surface area contributed by atoms with E-state index in [1.807, 2.05) is 38.3 Å². The highest BCUT2D eigenvalue weighted by Gasteiger charge is 2.17. The molecule has 0 aliphatic carbocycles. The van der Waals surface area contributed by atoms with Crippen LogP contribution in [0.1, 0.15) is 11.1 Å². The largest absolute Gasteiger partial charge is 0.301 e. The number of benzene rings is 1. The first-order chi connectivity index (χ1) is 7.61. The van der Waals surface area contributed by atoms with Gasteiger partial charge in [-0.05, 0) is 31.2 Å². The number of alkyl halides is 1. The fourth-order valence-electron chi connectivity index (χ4n) is 1.69. The first-order valence-electron chi connectivity index (χ1n) is 5.03. The van der Waals surface area contributed by atoms with E-state index < -0.39 is 0 Å². The quantitative estimate of drug-likeness (QED) is 0.610. The zero-order chi connectivity index (χ0) is 12.1. The molecule has 1 aromatic rings. The molecule has 0 heterocycles. The Morgan fingerprint density at radius 3 is 2.38 bits per heavy atom. The van der Waals surface area contributed by atoms with E-state index in [1.54, 1.807) is 16.7 Å². The molecule has 0 aliphatic rings. The summed E-state index contributed by atoms with van der Waals surface area (Å²) >= 11 is 7.25. The number of hydrogen-bond acceptors (Lipinski definition) is 2. The van der Waals surface area contributed by atoms with Crippen molar-refractivity contribution in [2.75, 3.05) is 22.9 Å². The number of para-hydroxylation sites is 1. The summed E-state index contributed by atoms with van der Waals surface area (Å²) in [6.07, 6.45) is 1.97. The number of carbonyl (C=O) groups is 1. The third-order valence-electron chi connectivity index (χ3n) is 2.38. The lowest BCUT2D eigenvalue weighted by atomic mass is 10.1. The van der Waals surface area contributed by atoms with Crippen LogP contribution in [0.25, 0.3) is 0 Å². The zero-order valence-electron chi connectivity index (χ0n) is 9.79. The second-order valence-electron chi connectivity index (χ2n) is 3.61. The Morgan fingerprint density at radius 1 is 1.38 bits per heavy atom. The monoisotopic (exact) mass is 257 g/mol. The Kier molecular flexibility index (Phi) is 5.16. The van der Waals surface area contributed by atoms with Gasteiger partial charge >= 0.3 is 0 Å². The maximum Gasteiger partial charge on any atom is 0.242 e. The van der Waals surface area contributed by atoms with Crippen LogP contribution in [0.15, 0.2) is 18.2 Å². The topological polar surface area (TPSA) is 20.3 Å². The molecule has 0 saturated heterocycles. The van der Waals surface area contributed by atoms with Crippen LogP contribution in [0.5, 0.6) is 0 Å². The summed E-state index contributed by atoms with van der Waals surface area (Å²) in [6, 6.07) is 6.02. The van der Waals surface area contributed by atoms with E-state index in [4.69, 9.17) is 11.6 Å². The van der Waals surface area contributed by atoms with Crippen molar-refractivity contribution in [2.45, 2.75) is 13.8 Å². The predicted octanol–water partition coefficient (Wildman–Crippen LogP) is 3.20. The highest BCUT2D eigenvalue weighted by molar-refractivity contribution is 7.98. The fourth-order valence-corrected chi connectivity index (χ4v) is 2.37. The van der Waals surface area contributed by atoms with Crippen molar-refractivity contribution < 1.29 is 4.79 Å². The van der Waals surface area contributed by atoms with Crippen molar-refractivity contribution in [2.24, 2.45) is 0 Å². The molecule has 1 aromatic carbocycles. The second-order valence-corrected chi connectivity index (χ2v) is 4.72. The summed E-state index contributed by atoms with van der Waals surface area (Å²) in [5.41, 5.74) is 3.20. The van der Waals surface area contributed by atoms with Crippen LogP contribution in [-0.2, 0) is 4.79 Å². The van der Waals surface area contributed by atoms with Crippen molar-refractivity contribution in [1.82, 2.24) is 0 Å². The summed E-state index contributed by atoms with van der Waals surface area (Å²) < 4.78 is 0. The minimum Gasteiger partial charge on any atom is -0.301 e. The Hall–Kier alpha value is -0.670. The van der Waals surface area contributed by atoms with E-state index >= 15 is 0 Å². The molecular formula is C12H16ClNOS. The highest BCUT2D eigenvalue weighted by Crippen LogP contribution is 2.26. The van der Waals surface area contributed by atoms with E-state index in [9.17, 15) is 4.79 Å². The van der Waals surface area contributed by atoms with Gasteiger partial charge in [0.05, 0.1) is 11.6 Å². The third kappa shape index (κ3) is 2.92. The number of anilines is 1. The number of carbonyl (C=O) groups excluding carboxylic acids is 1. The van der Waals surface area contributed by atoms with Gasteiger partial charge in [-0.2, -0.15) is 0 Å². The number of halogens is 1. The van der Waals surface area contributed by atoms with E-state index in [-0.39, 0.29) is 11.8 Å². The Bertz CT molecular complexity index is 361. The SMILES string of the molecule is CSCN(C(=O)CCl)c1c(C)cccc1C. The average molecular weight is 258 g/mol. The van der Waals surface area contributed by atoms with Gasteiger partial charge in [0.1, 0.15) is 5.88 Å². The molecule has 0 fully saturated rings. The van der Waals surface area contributed by atoms with Gasteiger partial charge in [0.25, 0.3) is 0 Å². The molecule has 0 saturated carbocycles. The molecule has 0 atom stereocenters. The lowest BCUT2D eigenvalue weighted by Crippen LogP contribution is -2.32. The van der Waals surface area contributed by atoms with Crippen molar-refractivity contribution in [3.05, 3.63) is 29.3 Å². The molecule has 0 radical (unpaired) electrons. The van der Waals surface area contributed by atoms with E-state index in [1.165, 1.54) is 0 Å². The molecule has 2 nitrogen and oxygen atoms in total. The predicted molar refractivity (Wildman–Crippen MR) is 72.5 cm³/mol. The molecule has 0 aromatic heterocycles. The van der Waals surface area contributed by atoms with Crippen LogP contribution in [-0.4, -0.2) is 23.9 Å². The van der Waals surface area contributed by atoms with Crippen LogP contribution in [0.3, 0.4) is 0 Å². The van der Waals surface area contributed by atoms with Gasteiger partial charge in [-0.15, -0.1) is 23.4 Å². The first kappa shape index (κ1) is 13.4. The lowest BCUT2D eigenvalue weighted by Gasteiger charge is -2.24. The number of amides is 1. The van der Waals surface area contributed by atoms with Gasteiger partial charge in [0, 0.05) is 0 Å². The summed E-state index contributed by atoms with van der Waals surface area (Å²) in [5.74, 6) is 0.611. The number of aryl methyl sites for hydroxylation is 2. The normalized spacial score (nSPS) is 10.2. The first-order valence-corrected chi connectivity index (χ1v) is 6.96. The minimum absolute atomic E-state index is 0.0222.